The van der Waals surface area contributed by atoms with Crippen LogP contribution in [0.5, 0.6) is 0 Å². The van der Waals surface area contributed by atoms with Crippen LogP contribution < -0.4 is 0 Å². The maximum atomic E-state index is 8.67. The van der Waals surface area contributed by atoms with Crippen molar-refractivity contribution in [3.63, 3.8) is 0 Å². The summed E-state index contributed by atoms with van der Waals surface area (Å²) in [4.78, 5) is 14.0. The molecule has 5 aromatic rings. The fourth-order valence-corrected chi connectivity index (χ4v) is 3.66. The summed E-state index contributed by atoms with van der Waals surface area (Å²) in [7, 11) is 0. The van der Waals surface area contributed by atoms with Gasteiger partial charge >= 0.3 is 0 Å². The standard InChI is InChI=1S/C25H24N4/c1-16-12-21(26-14-17(16)13-25(2,3)4)18-8-7-10-20-23(18)24-28-19-9-5-6-11-22(19)29(24)15-27-20/h5-12,14-15H,13H2,1-4H3/i1D3,13D2. The third-order valence-corrected chi connectivity index (χ3v) is 4.86. The second-order valence-corrected chi connectivity index (χ2v) is 8.23. The van der Waals surface area contributed by atoms with Crippen LogP contribution >= 0.6 is 0 Å². The van der Waals surface area contributed by atoms with Crippen LogP contribution in [0, 0.1) is 12.3 Å². The number of rotatable bonds is 2. The molecule has 29 heavy (non-hydrogen) atoms. The van der Waals surface area contributed by atoms with Gasteiger partial charge < -0.3 is 0 Å². The lowest BCUT2D eigenvalue weighted by Gasteiger charge is -2.19. The third kappa shape index (κ3) is 3.05. The Hall–Kier alpha value is -3.27. The lowest BCUT2D eigenvalue weighted by Crippen LogP contribution is -2.10. The average Bonchev–Trinajstić information content (AvgIpc) is 3.16. The van der Waals surface area contributed by atoms with Crippen molar-refractivity contribution in [1.29, 1.82) is 0 Å². The van der Waals surface area contributed by atoms with Crippen LogP contribution in [0.25, 0.3) is 38.8 Å². The van der Waals surface area contributed by atoms with Crippen LogP contribution in [0.4, 0.5) is 0 Å². The molecule has 3 heterocycles. The van der Waals surface area contributed by atoms with E-state index in [0.717, 1.165) is 16.4 Å². The van der Waals surface area contributed by atoms with Crippen LogP contribution in [0.2, 0.25) is 0 Å². The molecule has 0 fully saturated rings. The molecule has 0 aliphatic heterocycles. The fraction of sp³-hybridized carbons (Fsp3) is 0.240. The van der Waals surface area contributed by atoms with Gasteiger partial charge in [0.15, 0.2) is 0 Å². The zero-order chi connectivity index (χ0) is 24.5. The Labute approximate surface area is 177 Å². The number of para-hydroxylation sites is 2. The van der Waals surface area contributed by atoms with E-state index < -0.39 is 18.6 Å². The van der Waals surface area contributed by atoms with Gasteiger partial charge in [-0.25, -0.2) is 9.97 Å². The minimum absolute atomic E-state index is 0.0390. The molecule has 4 heteroatoms. The molecule has 0 amide bonds. The lowest BCUT2D eigenvalue weighted by atomic mass is 9.87. The number of fused-ring (bicyclic) bond motifs is 5. The monoisotopic (exact) mass is 385 g/mol. The molecule has 0 bridgehead atoms. The Morgan fingerprint density at radius 2 is 1.86 bits per heavy atom. The number of hydrogen-bond donors (Lipinski definition) is 0. The Bertz CT molecular complexity index is 1560. The Morgan fingerprint density at radius 1 is 1.03 bits per heavy atom. The van der Waals surface area contributed by atoms with Crippen LogP contribution in [0.15, 0.2) is 61.1 Å². The predicted molar refractivity (Wildman–Crippen MR) is 119 cm³/mol. The first-order chi connectivity index (χ1) is 15.9. The molecule has 2 aromatic carbocycles. The molecule has 0 saturated carbocycles. The summed E-state index contributed by atoms with van der Waals surface area (Å²) in [5, 5.41) is 0.761. The summed E-state index contributed by atoms with van der Waals surface area (Å²) in [5.74, 6) is 0. The van der Waals surface area contributed by atoms with Gasteiger partial charge in [-0.3, -0.25) is 9.38 Å². The van der Waals surface area contributed by atoms with E-state index in [1.165, 1.54) is 12.3 Å². The Kier molecular flexibility index (Phi) is 2.87. The van der Waals surface area contributed by atoms with Gasteiger partial charge in [-0.1, -0.05) is 45.0 Å². The van der Waals surface area contributed by atoms with Crippen molar-refractivity contribution in [1.82, 2.24) is 19.4 Å². The average molecular weight is 386 g/mol. The van der Waals surface area contributed by atoms with Gasteiger partial charge in [-0.05, 0) is 54.0 Å². The number of imidazole rings is 1. The maximum Gasteiger partial charge on any atom is 0.149 e. The summed E-state index contributed by atoms with van der Waals surface area (Å²) in [6, 6.07) is 14.9. The van der Waals surface area contributed by atoms with Gasteiger partial charge in [0.25, 0.3) is 0 Å². The molecule has 0 saturated heterocycles. The summed E-state index contributed by atoms with van der Waals surface area (Å²) >= 11 is 0. The molecule has 0 aliphatic rings. The molecule has 0 N–H and O–H groups in total. The van der Waals surface area contributed by atoms with Crippen LogP contribution in [-0.4, -0.2) is 19.4 Å². The van der Waals surface area contributed by atoms with E-state index in [4.69, 9.17) is 11.8 Å². The second-order valence-electron chi connectivity index (χ2n) is 8.23. The highest BCUT2D eigenvalue weighted by atomic mass is 15.0. The van der Waals surface area contributed by atoms with Gasteiger partial charge in [0.2, 0.25) is 0 Å². The van der Waals surface area contributed by atoms with E-state index in [1.807, 2.05) is 46.9 Å². The van der Waals surface area contributed by atoms with E-state index in [9.17, 15) is 0 Å². The summed E-state index contributed by atoms with van der Waals surface area (Å²) < 4.78 is 43.7. The van der Waals surface area contributed by atoms with E-state index in [2.05, 4.69) is 9.97 Å². The van der Waals surface area contributed by atoms with Gasteiger partial charge in [-0.15, -0.1) is 0 Å². The highest BCUT2D eigenvalue weighted by molar-refractivity contribution is 6.05. The van der Waals surface area contributed by atoms with E-state index in [1.54, 1.807) is 27.1 Å². The lowest BCUT2D eigenvalue weighted by molar-refractivity contribution is 0.410. The van der Waals surface area contributed by atoms with Crippen molar-refractivity contribution >= 4 is 27.6 Å². The third-order valence-electron chi connectivity index (χ3n) is 4.86. The minimum Gasteiger partial charge on any atom is -0.282 e. The zero-order valence-electron chi connectivity index (χ0n) is 21.6. The molecule has 0 atom stereocenters. The molecule has 0 radical (unpaired) electrons. The van der Waals surface area contributed by atoms with E-state index in [-0.39, 0.29) is 11.1 Å². The van der Waals surface area contributed by atoms with E-state index >= 15 is 0 Å². The van der Waals surface area contributed by atoms with Crippen molar-refractivity contribution in [3.05, 3.63) is 72.2 Å². The molecule has 144 valence electrons. The summed E-state index contributed by atoms with van der Waals surface area (Å²) in [6.45, 7) is 2.74. The topological polar surface area (TPSA) is 43.1 Å². The minimum atomic E-state index is -2.51. The van der Waals surface area contributed by atoms with Gasteiger partial charge in [0, 0.05) is 18.6 Å². The molecular weight excluding hydrogens is 356 g/mol. The number of hydrogen-bond acceptors (Lipinski definition) is 3. The second kappa shape index (κ2) is 6.38. The molecule has 5 rings (SSSR count). The Morgan fingerprint density at radius 3 is 2.69 bits per heavy atom. The highest BCUT2D eigenvalue weighted by Crippen LogP contribution is 2.32. The number of pyridine rings is 1. The first-order valence-corrected chi connectivity index (χ1v) is 9.55. The zero-order valence-corrected chi connectivity index (χ0v) is 16.6. The predicted octanol–water partition coefficient (Wildman–Crippen LogP) is 5.99. The van der Waals surface area contributed by atoms with Crippen LogP contribution in [0.1, 0.15) is 38.8 Å². The van der Waals surface area contributed by atoms with Crippen molar-refractivity contribution < 1.29 is 6.85 Å². The number of benzene rings is 2. The van der Waals surface area contributed by atoms with Crippen LogP contribution in [0.3, 0.4) is 0 Å². The Balaban J connectivity index is 1.82. The van der Waals surface area contributed by atoms with Crippen molar-refractivity contribution in [2.75, 3.05) is 0 Å². The number of aryl methyl sites for hydroxylation is 1. The number of nitrogens with zero attached hydrogens (tertiary/aromatic N) is 4. The smallest absolute Gasteiger partial charge is 0.149 e. The SMILES string of the molecule is [2H]C([2H])([2H])c1cc(-c2cccc3ncn4c5ccccc5nc4c23)ncc1C([2H])([2H])C(C)(C)C. The van der Waals surface area contributed by atoms with Crippen molar-refractivity contribution in [3.8, 4) is 11.3 Å². The fourth-order valence-electron chi connectivity index (χ4n) is 3.66. The largest absolute Gasteiger partial charge is 0.282 e. The molecule has 0 spiro atoms. The molecule has 3 aromatic heterocycles. The summed E-state index contributed by atoms with van der Waals surface area (Å²) in [6.07, 6.45) is 1.21. The molecule has 0 aliphatic carbocycles. The van der Waals surface area contributed by atoms with E-state index in [0.29, 0.717) is 22.4 Å². The van der Waals surface area contributed by atoms with Gasteiger partial charge in [-0.2, -0.15) is 0 Å². The maximum absolute atomic E-state index is 8.67. The molecule has 4 nitrogen and oxygen atoms in total. The molecule has 0 unspecified atom stereocenters. The summed E-state index contributed by atoms with van der Waals surface area (Å²) in [5.41, 5.74) is 3.53. The van der Waals surface area contributed by atoms with Gasteiger partial charge in [0.05, 0.1) is 27.6 Å². The van der Waals surface area contributed by atoms with Crippen molar-refractivity contribution in [2.24, 2.45) is 5.41 Å². The first-order valence-electron chi connectivity index (χ1n) is 12.1. The van der Waals surface area contributed by atoms with Crippen molar-refractivity contribution in [2.45, 2.75) is 34.0 Å². The molecular formula is C25H24N4. The first kappa shape index (κ1) is 13.0. The highest BCUT2D eigenvalue weighted by Gasteiger charge is 2.16. The number of aromatic nitrogens is 4. The van der Waals surface area contributed by atoms with Gasteiger partial charge in [0.1, 0.15) is 12.0 Å². The normalized spacial score (nSPS) is 15.8. The van der Waals surface area contributed by atoms with Crippen LogP contribution in [-0.2, 0) is 6.37 Å². The quantitative estimate of drug-likeness (QED) is 0.374.